The lowest BCUT2D eigenvalue weighted by Crippen LogP contribution is -2.35. The van der Waals surface area contributed by atoms with Gasteiger partial charge in [0.1, 0.15) is 6.54 Å². The molecule has 0 bridgehead atoms. The van der Waals surface area contributed by atoms with Crippen molar-refractivity contribution in [2.75, 3.05) is 6.54 Å². The third-order valence-corrected chi connectivity index (χ3v) is 4.24. The van der Waals surface area contributed by atoms with Crippen molar-refractivity contribution >= 4 is 16.8 Å². The average Bonchev–Trinajstić information content (AvgIpc) is 2.94. The van der Waals surface area contributed by atoms with E-state index in [1.165, 1.54) is 10.9 Å². The quantitative estimate of drug-likeness (QED) is 0.869. The van der Waals surface area contributed by atoms with Gasteiger partial charge in [-0.1, -0.05) is 18.6 Å². The predicted octanol–water partition coefficient (Wildman–Crippen LogP) is 0.674. The number of carbonyl (C=O) groups is 1. The number of hydrogen-bond acceptors (Lipinski definition) is 4. The zero-order valence-corrected chi connectivity index (χ0v) is 12.2. The molecule has 2 atom stereocenters. The zero-order chi connectivity index (χ0) is 15.5. The monoisotopic (exact) mass is 301 g/mol. The molecule has 2 aromatic rings. The van der Waals surface area contributed by atoms with Gasteiger partial charge < -0.3 is 10.4 Å². The Balaban J connectivity index is 1.69. The van der Waals surface area contributed by atoms with E-state index in [1.807, 2.05) is 6.07 Å². The summed E-state index contributed by atoms with van der Waals surface area (Å²) in [4.78, 5) is 23.8. The van der Waals surface area contributed by atoms with E-state index in [4.69, 9.17) is 0 Å². The SMILES string of the molecule is O=C(Cn1ncc(=O)c2ccccc21)NCC1CCCC1O. The first-order valence-corrected chi connectivity index (χ1v) is 7.55. The molecular formula is C16H19N3O3. The number of aliphatic hydroxyl groups excluding tert-OH is 1. The molecule has 3 rings (SSSR count). The number of amides is 1. The number of aromatic nitrogens is 2. The van der Waals surface area contributed by atoms with Gasteiger partial charge in [-0.2, -0.15) is 5.10 Å². The molecule has 6 nitrogen and oxygen atoms in total. The van der Waals surface area contributed by atoms with Crippen LogP contribution in [-0.2, 0) is 11.3 Å². The average molecular weight is 301 g/mol. The molecule has 1 aromatic heterocycles. The highest BCUT2D eigenvalue weighted by Gasteiger charge is 2.25. The molecule has 2 unspecified atom stereocenters. The highest BCUT2D eigenvalue weighted by molar-refractivity contribution is 5.81. The third-order valence-electron chi connectivity index (χ3n) is 4.24. The molecule has 2 N–H and O–H groups in total. The summed E-state index contributed by atoms with van der Waals surface area (Å²) in [5.41, 5.74) is 0.493. The highest BCUT2D eigenvalue weighted by Crippen LogP contribution is 2.24. The first kappa shape index (κ1) is 14.7. The summed E-state index contributed by atoms with van der Waals surface area (Å²) in [7, 11) is 0. The fourth-order valence-electron chi connectivity index (χ4n) is 2.98. The Morgan fingerprint density at radius 3 is 2.95 bits per heavy atom. The predicted molar refractivity (Wildman–Crippen MR) is 82.4 cm³/mol. The van der Waals surface area contributed by atoms with Crippen molar-refractivity contribution in [3.63, 3.8) is 0 Å². The van der Waals surface area contributed by atoms with Gasteiger partial charge in [0.05, 0.1) is 17.8 Å². The van der Waals surface area contributed by atoms with E-state index in [2.05, 4.69) is 10.4 Å². The van der Waals surface area contributed by atoms with E-state index < -0.39 is 0 Å². The molecule has 0 radical (unpaired) electrons. The minimum atomic E-state index is -0.313. The summed E-state index contributed by atoms with van der Waals surface area (Å²) in [5, 5.41) is 17.2. The van der Waals surface area contributed by atoms with Crippen molar-refractivity contribution in [3.8, 4) is 0 Å². The molecule has 1 aromatic carbocycles. The van der Waals surface area contributed by atoms with Crippen molar-refractivity contribution in [1.82, 2.24) is 15.1 Å². The molecule has 0 aliphatic heterocycles. The number of nitrogens with one attached hydrogen (secondary N) is 1. The topological polar surface area (TPSA) is 84.2 Å². The highest BCUT2D eigenvalue weighted by atomic mass is 16.3. The molecule has 22 heavy (non-hydrogen) atoms. The summed E-state index contributed by atoms with van der Waals surface area (Å²) < 4.78 is 1.52. The van der Waals surface area contributed by atoms with Crippen LogP contribution in [0, 0.1) is 5.92 Å². The van der Waals surface area contributed by atoms with Crippen LogP contribution in [0.15, 0.2) is 35.3 Å². The van der Waals surface area contributed by atoms with Crippen LogP contribution in [0.3, 0.4) is 0 Å². The zero-order valence-electron chi connectivity index (χ0n) is 12.2. The van der Waals surface area contributed by atoms with Crippen LogP contribution in [0.4, 0.5) is 0 Å². The molecule has 1 saturated carbocycles. The molecule has 6 heteroatoms. The van der Waals surface area contributed by atoms with Gasteiger partial charge in [-0.05, 0) is 25.0 Å². The van der Waals surface area contributed by atoms with E-state index in [-0.39, 0.29) is 29.9 Å². The van der Waals surface area contributed by atoms with Crippen LogP contribution in [0.25, 0.3) is 10.9 Å². The standard InChI is InChI=1S/C16H19N3O3/c20-14-7-3-4-11(14)8-17-16(22)10-19-13-6-2-1-5-12(13)15(21)9-18-19/h1-2,5-6,9,11,14,20H,3-4,7-8,10H2,(H,17,22). The van der Waals surface area contributed by atoms with E-state index in [9.17, 15) is 14.7 Å². The minimum absolute atomic E-state index is 0.0591. The fraction of sp³-hybridized carbons (Fsp3) is 0.438. The van der Waals surface area contributed by atoms with Crippen molar-refractivity contribution < 1.29 is 9.90 Å². The smallest absolute Gasteiger partial charge is 0.241 e. The van der Waals surface area contributed by atoms with Gasteiger partial charge in [-0.15, -0.1) is 0 Å². The molecule has 1 fully saturated rings. The van der Waals surface area contributed by atoms with Crippen molar-refractivity contribution in [3.05, 3.63) is 40.7 Å². The Morgan fingerprint density at radius 2 is 2.18 bits per heavy atom. The maximum atomic E-state index is 12.1. The largest absolute Gasteiger partial charge is 0.393 e. The van der Waals surface area contributed by atoms with Gasteiger partial charge in [0, 0.05) is 17.8 Å². The second-order valence-electron chi connectivity index (χ2n) is 5.75. The summed E-state index contributed by atoms with van der Waals surface area (Å²) >= 11 is 0. The molecular weight excluding hydrogens is 282 g/mol. The lowest BCUT2D eigenvalue weighted by Gasteiger charge is -2.15. The van der Waals surface area contributed by atoms with Crippen molar-refractivity contribution in [2.24, 2.45) is 5.92 Å². The molecule has 0 saturated heterocycles. The Hall–Kier alpha value is -2.21. The van der Waals surface area contributed by atoms with E-state index in [0.717, 1.165) is 19.3 Å². The Labute approximate surface area is 127 Å². The number of fused-ring (bicyclic) bond motifs is 1. The van der Waals surface area contributed by atoms with Crippen molar-refractivity contribution in [2.45, 2.75) is 31.9 Å². The summed E-state index contributed by atoms with van der Waals surface area (Å²) in [6, 6.07) is 7.10. The van der Waals surface area contributed by atoms with Gasteiger partial charge in [-0.3, -0.25) is 14.3 Å². The second kappa shape index (κ2) is 6.27. The minimum Gasteiger partial charge on any atom is -0.393 e. The number of aliphatic hydroxyl groups is 1. The molecule has 1 aliphatic carbocycles. The summed E-state index contributed by atoms with van der Waals surface area (Å²) in [6.45, 7) is 0.543. The number of para-hydroxylation sites is 1. The molecule has 116 valence electrons. The van der Waals surface area contributed by atoms with Gasteiger partial charge in [0.2, 0.25) is 11.3 Å². The second-order valence-corrected chi connectivity index (χ2v) is 5.75. The first-order chi connectivity index (χ1) is 10.6. The molecule has 1 heterocycles. The maximum Gasteiger partial charge on any atom is 0.241 e. The number of rotatable bonds is 4. The molecule has 1 amide bonds. The van der Waals surface area contributed by atoms with E-state index >= 15 is 0 Å². The lowest BCUT2D eigenvalue weighted by molar-refractivity contribution is -0.122. The number of carbonyl (C=O) groups excluding carboxylic acids is 1. The number of benzene rings is 1. The van der Waals surface area contributed by atoms with Gasteiger partial charge in [0.25, 0.3) is 0 Å². The Morgan fingerprint density at radius 1 is 1.36 bits per heavy atom. The van der Waals surface area contributed by atoms with E-state index in [0.29, 0.717) is 17.4 Å². The number of hydrogen-bond donors (Lipinski definition) is 2. The van der Waals surface area contributed by atoms with E-state index in [1.54, 1.807) is 18.2 Å². The molecule has 0 spiro atoms. The van der Waals surface area contributed by atoms with Crippen LogP contribution in [-0.4, -0.2) is 33.4 Å². The maximum absolute atomic E-state index is 12.1. The van der Waals surface area contributed by atoms with Gasteiger partial charge in [-0.25, -0.2) is 0 Å². The normalized spacial score (nSPS) is 21.1. The fourth-order valence-corrected chi connectivity index (χ4v) is 2.98. The van der Waals surface area contributed by atoms with Gasteiger partial charge >= 0.3 is 0 Å². The number of nitrogens with zero attached hydrogens (tertiary/aromatic N) is 2. The lowest BCUT2D eigenvalue weighted by atomic mass is 10.1. The third kappa shape index (κ3) is 3.01. The summed E-state index contributed by atoms with van der Waals surface area (Å²) in [5.74, 6) is -0.0249. The molecule has 1 aliphatic rings. The van der Waals surface area contributed by atoms with Gasteiger partial charge in [0.15, 0.2) is 0 Å². The first-order valence-electron chi connectivity index (χ1n) is 7.55. The van der Waals surface area contributed by atoms with Crippen LogP contribution in [0.1, 0.15) is 19.3 Å². The van der Waals surface area contributed by atoms with Crippen LogP contribution in [0.5, 0.6) is 0 Å². The summed E-state index contributed by atoms with van der Waals surface area (Å²) in [6.07, 6.45) is 3.68. The Bertz CT molecular complexity index is 741. The van der Waals surface area contributed by atoms with Crippen LogP contribution >= 0.6 is 0 Å². The van der Waals surface area contributed by atoms with Crippen LogP contribution in [0.2, 0.25) is 0 Å². The van der Waals surface area contributed by atoms with Crippen molar-refractivity contribution in [1.29, 1.82) is 0 Å². The Kier molecular flexibility index (Phi) is 4.20. The van der Waals surface area contributed by atoms with Crippen LogP contribution < -0.4 is 10.7 Å².